The highest BCUT2D eigenvalue weighted by molar-refractivity contribution is 6.31. The first-order valence-corrected chi connectivity index (χ1v) is 8.92. The number of carbonyl (C=O) groups excluding carboxylic acids is 1. The van der Waals surface area contributed by atoms with Crippen LogP contribution in [0, 0.1) is 0 Å². The molecule has 29 heavy (non-hydrogen) atoms. The van der Waals surface area contributed by atoms with Gasteiger partial charge in [0.1, 0.15) is 18.0 Å². The molecule has 1 N–H and O–H groups in total. The number of nitrogens with one attached hydrogen (secondary N) is 1. The van der Waals surface area contributed by atoms with E-state index < -0.39 is 12.1 Å². The van der Waals surface area contributed by atoms with E-state index in [0.717, 1.165) is 17.7 Å². The molecule has 2 aromatic heterocycles. The molecule has 1 amide bonds. The standard InChI is InChI=1S/C19H13ClF3N5O/c20-12-2-1-11-4-6-28(15(11)7-12)18-13-8-16(24-9-14(13)25-10-26-18)27-17(29)3-5-19(21,22)23/h1-3,5,7-10H,4,6H2,(H,24,27,29). The van der Waals surface area contributed by atoms with Gasteiger partial charge in [-0.25, -0.2) is 15.0 Å². The van der Waals surface area contributed by atoms with Crippen LogP contribution < -0.4 is 10.2 Å². The molecule has 4 rings (SSSR count). The molecule has 0 radical (unpaired) electrons. The molecule has 0 fully saturated rings. The molecule has 0 aliphatic carbocycles. The van der Waals surface area contributed by atoms with Crippen molar-refractivity contribution in [3.63, 3.8) is 0 Å². The summed E-state index contributed by atoms with van der Waals surface area (Å²) in [5.41, 5.74) is 2.59. The minimum Gasteiger partial charge on any atom is -0.325 e. The van der Waals surface area contributed by atoms with Crippen molar-refractivity contribution in [2.45, 2.75) is 12.6 Å². The SMILES string of the molecule is O=C(C=CC(F)(F)F)Nc1cc2c(N3CCc4ccc(Cl)cc43)ncnc2cn1. The first kappa shape index (κ1) is 19.1. The Labute approximate surface area is 168 Å². The van der Waals surface area contributed by atoms with E-state index in [1.165, 1.54) is 18.6 Å². The van der Waals surface area contributed by atoms with Crippen LogP contribution in [-0.4, -0.2) is 33.6 Å². The Bertz CT molecular complexity index is 1130. The molecule has 1 aliphatic rings. The minimum absolute atomic E-state index is 0.0934. The summed E-state index contributed by atoms with van der Waals surface area (Å²) >= 11 is 6.14. The lowest BCUT2D eigenvalue weighted by molar-refractivity contribution is -0.112. The maximum absolute atomic E-state index is 12.2. The van der Waals surface area contributed by atoms with Crippen LogP contribution in [0.15, 0.2) is 48.9 Å². The minimum atomic E-state index is -4.57. The number of aromatic nitrogens is 3. The van der Waals surface area contributed by atoms with Gasteiger partial charge in [0.15, 0.2) is 0 Å². The summed E-state index contributed by atoms with van der Waals surface area (Å²) in [5.74, 6) is -0.249. The molecule has 148 valence electrons. The molecule has 6 nitrogen and oxygen atoms in total. The summed E-state index contributed by atoms with van der Waals surface area (Å²) in [6.45, 7) is 0.681. The first-order valence-electron chi connectivity index (χ1n) is 8.54. The zero-order chi connectivity index (χ0) is 20.6. The Morgan fingerprint density at radius 2 is 2.03 bits per heavy atom. The molecule has 0 bridgehead atoms. The Morgan fingerprint density at radius 3 is 2.83 bits per heavy atom. The molecule has 0 unspecified atom stereocenters. The molecule has 0 spiro atoms. The normalized spacial score (nSPS) is 13.9. The molecule has 0 saturated carbocycles. The molecule has 0 saturated heterocycles. The van der Waals surface area contributed by atoms with E-state index in [2.05, 4.69) is 20.3 Å². The van der Waals surface area contributed by atoms with Gasteiger partial charge < -0.3 is 10.2 Å². The van der Waals surface area contributed by atoms with Crippen LogP contribution in [-0.2, 0) is 11.2 Å². The Morgan fingerprint density at radius 1 is 1.21 bits per heavy atom. The second-order valence-corrected chi connectivity index (χ2v) is 6.76. The number of halogens is 4. The fourth-order valence-corrected chi connectivity index (χ4v) is 3.31. The molecule has 1 aromatic carbocycles. The van der Waals surface area contributed by atoms with E-state index >= 15 is 0 Å². The number of hydrogen-bond donors (Lipinski definition) is 1. The number of nitrogens with zero attached hydrogens (tertiary/aromatic N) is 4. The van der Waals surface area contributed by atoms with Gasteiger partial charge in [0.05, 0.1) is 11.7 Å². The van der Waals surface area contributed by atoms with Crippen LogP contribution in [0.3, 0.4) is 0 Å². The van der Waals surface area contributed by atoms with Crippen LogP contribution in [0.2, 0.25) is 5.02 Å². The number of benzene rings is 1. The van der Waals surface area contributed by atoms with Crippen molar-refractivity contribution in [2.75, 3.05) is 16.8 Å². The van der Waals surface area contributed by atoms with E-state index in [1.54, 1.807) is 0 Å². The largest absolute Gasteiger partial charge is 0.409 e. The van der Waals surface area contributed by atoms with Crippen molar-refractivity contribution in [1.82, 2.24) is 15.0 Å². The fraction of sp³-hybridized carbons (Fsp3) is 0.158. The lowest BCUT2D eigenvalue weighted by Gasteiger charge is -2.20. The lowest BCUT2D eigenvalue weighted by atomic mass is 10.2. The number of anilines is 3. The van der Waals surface area contributed by atoms with Crippen molar-refractivity contribution in [3.05, 3.63) is 59.5 Å². The Hall–Kier alpha value is -3.20. The predicted octanol–water partition coefficient (Wildman–Crippen LogP) is 4.43. The summed E-state index contributed by atoms with van der Waals surface area (Å²) in [5, 5.41) is 3.52. The monoisotopic (exact) mass is 419 g/mol. The number of rotatable bonds is 3. The average Bonchev–Trinajstić information content (AvgIpc) is 3.08. The smallest absolute Gasteiger partial charge is 0.325 e. The van der Waals surface area contributed by atoms with E-state index in [1.807, 2.05) is 23.1 Å². The highest BCUT2D eigenvalue weighted by Crippen LogP contribution is 2.38. The number of carbonyl (C=O) groups is 1. The molecule has 3 aromatic rings. The maximum Gasteiger partial charge on any atom is 0.409 e. The van der Waals surface area contributed by atoms with E-state index in [-0.39, 0.29) is 11.9 Å². The quantitative estimate of drug-likeness (QED) is 0.636. The summed E-state index contributed by atoms with van der Waals surface area (Å²) in [6.07, 6.45) is -0.644. The van der Waals surface area contributed by atoms with Crippen LogP contribution in [0.4, 0.5) is 30.5 Å². The van der Waals surface area contributed by atoms with E-state index in [9.17, 15) is 18.0 Å². The van der Waals surface area contributed by atoms with Crippen molar-refractivity contribution >= 4 is 45.7 Å². The Kier molecular flexibility index (Phi) is 4.83. The van der Waals surface area contributed by atoms with Gasteiger partial charge in [-0.3, -0.25) is 4.79 Å². The van der Waals surface area contributed by atoms with Crippen LogP contribution >= 0.6 is 11.6 Å². The second kappa shape index (κ2) is 7.32. The predicted molar refractivity (Wildman–Crippen MR) is 103 cm³/mol. The van der Waals surface area contributed by atoms with Gasteiger partial charge in [-0.05, 0) is 30.2 Å². The van der Waals surface area contributed by atoms with Crippen molar-refractivity contribution in [3.8, 4) is 0 Å². The van der Waals surface area contributed by atoms with Gasteiger partial charge in [0.25, 0.3) is 0 Å². The lowest BCUT2D eigenvalue weighted by Crippen LogP contribution is -2.16. The van der Waals surface area contributed by atoms with Crippen molar-refractivity contribution < 1.29 is 18.0 Å². The molecular weight excluding hydrogens is 407 g/mol. The third-order valence-corrected chi connectivity index (χ3v) is 4.61. The van der Waals surface area contributed by atoms with Crippen LogP contribution in [0.1, 0.15) is 5.56 Å². The van der Waals surface area contributed by atoms with Crippen molar-refractivity contribution in [1.29, 1.82) is 0 Å². The van der Waals surface area contributed by atoms with Gasteiger partial charge in [0, 0.05) is 34.8 Å². The zero-order valence-electron chi connectivity index (χ0n) is 14.7. The Balaban J connectivity index is 1.69. The molecule has 0 atom stereocenters. The number of alkyl halides is 3. The maximum atomic E-state index is 12.2. The number of amides is 1. The summed E-state index contributed by atoms with van der Waals surface area (Å²) in [4.78, 5) is 26.3. The molecule has 3 heterocycles. The fourth-order valence-electron chi connectivity index (χ4n) is 3.14. The molecule has 10 heteroatoms. The topological polar surface area (TPSA) is 71.0 Å². The highest BCUT2D eigenvalue weighted by atomic mass is 35.5. The number of allylic oxidation sites excluding steroid dienone is 1. The van der Waals surface area contributed by atoms with Gasteiger partial charge in [-0.2, -0.15) is 13.2 Å². The summed E-state index contributed by atoms with van der Waals surface area (Å²) in [7, 11) is 0. The number of pyridine rings is 1. The number of fused-ring (bicyclic) bond motifs is 2. The van der Waals surface area contributed by atoms with E-state index in [4.69, 9.17) is 11.6 Å². The number of hydrogen-bond acceptors (Lipinski definition) is 5. The van der Waals surface area contributed by atoms with Crippen LogP contribution in [0.5, 0.6) is 0 Å². The third kappa shape index (κ3) is 4.14. The molecular formula is C19H13ClF3N5O. The summed E-state index contributed by atoms with van der Waals surface area (Å²) < 4.78 is 36.7. The van der Waals surface area contributed by atoms with Gasteiger partial charge in [-0.1, -0.05) is 17.7 Å². The zero-order valence-corrected chi connectivity index (χ0v) is 15.5. The summed E-state index contributed by atoms with van der Waals surface area (Å²) in [6, 6.07) is 7.17. The highest BCUT2D eigenvalue weighted by Gasteiger charge is 2.24. The molecule has 1 aliphatic heterocycles. The average molecular weight is 420 g/mol. The van der Waals surface area contributed by atoms with Crippen molar-refractivity contribution in [2.24, 2.45) is 0 Å². The van der Waals surface area contributed by atoms with Crippen LogP contribution in [0.25, 0.3) is 10.9 Å². The van der Waals surface area contributed by atoms with E-state index in [0.29, 0.717) is 34.4 Å². The third-order valence-electron chi connectivity index (χ3n) is 4.37. The first-order chi connectivity index (χ1) is 13.8. The second-order valence-electron chi connectivity index (χ2n) is 6.32. The van der Waals surface area contributed by atoms with Gasteiger partial charge in [0.2, 0.25) is 5.91 Å². The van der Waals surface area contributed by atoms with Gasteiger partial charge >= 0.3 is 6.18 Å². The van der Waals surface area contributed by atoms with Gasteiger partial charge in [-0.15, -0.1) is 0 Å².